The minimum atomic E-state index is 0.696. The monoisotopic (exact) mass is 237 g/mol. The summed E-state index contributed by atoms with van der Waals surface area (Å²) >= 11 is 0. The molecular weight excluding hydrogens is 214 g/mol. The van der Waals surface area contributed by atoms with Crippen LogP contribution in [0.4, 0.5) is 0 Å². The Morgan fingerprint density at radius 2 is 1.59 bits per heavy atom. The molecular formula is C14H23NO2. The van der Waals surface area contributed by atoms with Gasteiger partial charge in [0.1, 0.15) is 18.1 Å². The van der Waals surface area contributed by atoms with E-state index in [1.165, 1.54) is 12.8 Å². The highest BCUT2D eigenvalue weighted by atomic mass is 16.5. The van der Waals surface area contributed by atoms with Crippen LogP contribution in [-0.4, -0.2) is 26.3 Å². The van der Waals surface area contributed by atoms with Crippen LogP contribution in [0.15, 0.2) is 24.3 Å². The molecule has 0 radical (unpaired) electrons. The Hall–Kier alpha value is -1.22. The fourth-order valence-corrected chi connectivity index (χ4v) is 1.47. The van der Waals surface area contributed by atoms with Crippen molar-refractivity contribution in [3.05, 3.63) is 24.3 Å². The average Bonchev–Trinajstić information content (AvgIpc) is 2.36. The van der Waals surface area contributed by atoms with Crippen LogP contribution >= 0.6 is 0 Å². The van der Waals surface area contributed by atoms with Gasteiger partial charge in [0.15, 0.2) is 0 Å². The van der Waals surface area contributed by atoms with Gasteiger partial charge in [-0.1, -0.05) is 13.3 Å². The van der Waals surface area contributed by atoms with Gasteiger partial charge < -0.3 is 14.8 Å². The predicted octanol–water partition coefficient (Wildman–Crippen LogP) is 2.85. The van der Waals surface area contributed by atoms with E-state index in [1.807, 2.05) is 31.2 Å². The molecule has 0 aliphatic rings. The Morgan fingerprint density at radius 3 is 2.18 bits per heavy atom. The van der Waals surface area contributed by atoms with Crippen LogP contribution in [0.1, 0.15) is 26.7 Å². The molecule has 0 aliphatic heterocycles. The number of unbranched alkanes of at least 4 members (excludes halogenated alkanes) is 1. The van der Waals surface area contributed by atoms with Crippen molar-refractivity contribution < 1.29 is 9.47 Å². The summed E-state index contributed by atoms with van der Waals surface area (Å²) < 4.78 is 11.0. The van der Waals surface area contributed by atoms with Crippen LogP contribution in [0.2, 0.25) is 0 Å². The van der Waals surface area contributed by atoms with Gasteiger partial charge in [-0.05, 0) is 44.2 Å². The number of hydrogen-bond donors (Lipinski definition) is 1. The third-order valence-corrected chi connectivity index (χ3v) is 2.39. The van der Waals surface area contributed by atoms with E-state index in [1.54, 1.807) is 0 Å². The molecule has 0 saturated carbocycles. The molecule has 0 bridgehead atoms. The molecule has 1 rings (SSSR count). The number of ether oxygens (including phenoxy) is 2. The van der Waals surface area contributed by atoms with Crippen LogP contribution in [0.5, 0.6) is 11.5 Å². The summed E-state index contributed by atoms with van der Waals surface area (Å²) in [5.41, 5.74) is 0. The van der Waals surface area contributed by atoms with Crippen molar-refractivity contribution in [3.8, 4) is 11.5 Å². The molecule has 3 heteroatoms. The number of benzene rings is 1. The van der Waals surface area contributed by atoms with Crippen LogP contribution in [-0.2, 0) is 0 Å². The lowest BCUT2D eigenvalue weighted by atomic mass is 10.3. The summed E-state index contributed by atoms with van der Waals surface area (Å²) in [7, 11) is 0. The summed E-state index contributed by atoms with van der Waals surface area (Å²) in [5, 5.41) is 3.34. The molecule has 0 fully saturated rings. The summed E-state index contributed by atoms with van der Waals surface area (Å²) in [5.74, 6) is 1.78. The first-order chi connectivity index (χ1) is 8.36. The molecule has 0 aromatic heterocycles. The second kappa shape index (κ2) is 8.88. The lowest BCUT2D eigenvalue weighted by Crippen LogP contribution is -2.21. The fraction of sp³-hybridized carbons (Fsp3) is 0.571. The first-order valence-corrected chi connectivity index (χ1v) is 6.43. The van der Waals surface area contributed by atoms with Crippen LogP contribution in [0.3, 0.4) is 0 Å². The molecule has 0 spiro atoms. The molecule has 0 heterocycles. The molecule has 17 heavy (non-hydrogen) atoms. The van der Waals surface area contributed by atoms with E-state index in [4.69, 9.17) is 9.47 Å². The Morgan fingerprint density at radius 1 is 0.941 bits per heavy atom. The normalized spacial score (nSPS) is 10.2. The van der Waals surface area contributed by atoms with E-state index >= 15 is 0 Å². The largest absolute Gasteiger partial charge is 0.494 e. The van der Waals surface area contributed by atoms with Gasteiger partial charge in [0, 0.05) is 6.54 Å². The van der Waals surface area contributed by atoms with Gasteiger partial charge in [-0.3, -0.25) is 0 Å². The van der Waals surface area contributed by atoms with Crippen molar-refractivity contribution in [2.24, 2.45) is 0 Å². The highest BCUT2D eigenvalue weighted by Gasteiger charge is 1.95. The van der Waals surface area contributed by atoms with Gasteiger partial charge in [-0.15, -0.1) is 0 Å². The number of hydrogen-bond acceptors (Lipinski definition) is 3. The van der Waals surface area contributed by atoms with Gasteiger partial charge in [-0.25, -0.2) is 0 Å². The van der Waals surface area contributed by atoms with E-state index in [9.17, 15) is 0 Å². The smallest absolute Gasteiger partial charge is 0.119 e. The third-order valence-electron chi connectivity index (χ3n) is 2.39. The Balaban J connectivity index is 2.14. The van der Waals surface area contributed by atoms with Crippen molar-refractivity contribution in [2.75, 3.05) is 26.3 Å². The highest BCUT2D eigenvalue weighted by Crippen LogP contribution is 2.17. The quantitative estimate of drug-likeness (QED) is 0.670. The maximum atomic E-state index is 5.60. The SMILES string of the molecule is CCCCNCCOc1ccc(OCC)cc1. The first kappa shape index (κ1) is 13.8. The van der Waals surface area contributed by atoms with Crippen molar-refractivity contribution >= 4 is 0 Å². The van der Waals surface area contributed by atoms with Gasteiger partial charge >= 0.3 is 0 Å². The molecule has 0 aliphatic carbocycles. The molecule has 0 unspecified atom stereocenters. The second-order valence-corrected chi connectivity index (χ2v) is 3.86. The standard InChI is InChI=1S/C14H23NO2/c1-3-5-10-15-11-12-17-14-8-6-13(7-9-14)16-4-2/h6-9,15H,3-5,10-12H2,1-2H3. The molecule has 0 atom stereocenters. The molecule has 0 saturated heterocycles. The summed E-state index contributed by atoms with van der Waals surface area (Å²) in [6, 6.07) is 7.75. The zero-order valence-corrected chi connectivity index (χ0v) is 10.9. The third kappa shape index (κ3) is 6.17. The molecule has 1 aromatic carbocycles. The van der Waals surface area contributed by atoms with E-state index in [0.717, 1.165) is 24.6 Å². The second-order valence-electron chi connectivity index (χ2n) is 3.86. The average molecular weight is 237 g/mol. The lowest BCUT2D eigenvalue weighted by molar-refractivity contribution is 0.311. The minimum Gasteiger partial charge on any atom is -0.494 e. The van der Waals surface area contributed by atoms with Crippen molar-refractivity contribution in [3.63, 3.8) is 0 Å². The number of nitrogens with one attached hydrogen (secondary N) is 1. The van der Waals surface area contributed by atoms with Crippen molar-refractivity contribution in [2.45, 2.75) is 26.7 Å². The van der Waals surface area contributed by atoms with Crippen molar-refractivity contribution in [1.82, 2.24) is 5.32 Å². The summed E-state index contributed by atoms with van der Waals surface area (Å²) in [4.78, 5) is 0. The summed E-state index contributed by atoms with van der Waals surface area (Å²) in [6.07, 6.45) is 2.45. The van der Waals surface area contributed by atoms with Gasteiger partial charge in [0.2, 0.25) is 0 Å². The maximum absolute atomic E-state index is 5.60. The van der Waals surface area contributed by atoms with E-state index < -0.39 is 0 Å². The lowest BCUT2D eigenvalue weighted by Gasteiger charge is -2.08. The van der Waals surface area contributed by atoms with E-state index in [0.29, 0.717) is 13.2 Å². The molecule has 0 amide bonds. The fourth-order valence-electron chi connectivity index (χ4n) is 1.47. The van der Waals surface area contributed by atoms with Gasteiger partial charge in [0.05, 0.1) is 6.61 Å². The molecule has 1 N–H and O–H groups in total. The molecule has 1 aromatic rings. The maximum Gasteiger partial charge on any atom is 0.119 e. The zero-order valence-electron chi connectivity index (χ0n) is 10.9. The van der Waals surface area contributed by atoms with Crippen molar-refractivity contribution in [1.29, 1.82) is 0 Å². The van der Waals surface area contributed by atoms with E-state index in [-0.39, 0.29) is 0 Å². The summed E-state index contributed by atoms with van der Waals surface area (Å²) in [6.45, 7) is 7.54. The first-order valence-electron chi connectivity index (χ1n) is 6.43. The van der Waals surface area contributed by atoms with Crippen LogP contribution < -0.4 is 14.8 Å². The van der Waals surface area contributed by atoms with E-state index in [2.05, 4.69) is 12.2 Å². The Kier molecular flexibility index (Phi) is 7.23. The van der Waals surface area contributed by atoms with Crippen LogP contribution in [0, 0.1) is 0 Å². The molecule has 96 valence electrons. The van der Waals surface area contributed by atoms with Gasteiger partial charge in [-0.2, -0.15) is 0 Å². The molecule has 3 nitrogen and oxygen atoms in total. The minimum absolute atomic E-state index is 0.696. The highest BCUT2D eigenvalue weighted by molar-refractivity contribution is 5.31. The van der Waals surface area contributed by atoms with Crippen LogP contribution in [0.25, 0.3) is 0 Å². The number of rotatable bonds is 9. The van der Waals surface area contributed by atoms with Gasteiger partial charge in [0.25, 0.3) is 0 Å². The topological polar surface area (TPSA) is 30.5 Å². The predicted molar refractivity (Wildman–Crippen MR) is 70.9 cm³/mol. The zero-order chi connectivity index (χ0) is 12.3. The Labute approximate surface area is 104 Å². The Bertz CT molecular complexity index is 285.